The molecule has 1 heteroatoms. The Morgan fingerprint density at radius 2 is 1.53 bits per heavy atom. The van der Waals surface area contributed by atoms with Crippen LogP contribution in [0.15, 0.2) is 42.5 Å². The van der Waals surface area contributed by atoms with Crippen LogP contribution in [0.1, 0.15) is 32.6 Å². The number of hydrogen-bond donors (Lipinski definition) is 0. The van der Waals surface area contributed by atoms with Crippen LogP contribution in [-0.4, -0.2) is 6.29 Å². The van der Waals surface area contributed by atoms with E-state index in [1.165, 1.54) is 22.3 Å². The van der Waals surface area contributed by atoms with Gasteiger partial charge in [-0.1, -0.05) is 42.5 Å². The molecule has 2 aromatic carbocycles. The summed E-state index contributed by atoms with van der Waals surface area (Å²) in [5.41, 5.74) is 6.00. The van der Waals surface area contributed by atoms with Gasteiger partial charge in [0, 0.05) is 5.56 Å². The Hall–Kier alpha value is -1.89. The number of rotatable bonds is 3. The van der Waals surface area contributed by atoms with Crippen LogP contribution in [0.4, 0.5) is 0 Å². The number of aldehydes is 1. The first kappa shape index (κ1) is 11.6. The molecule has 2 rings (SSSR count). The van der Waals surface area contributed by atoms with Crippen LogP contribution in [0.5, 0.6) is 0 Å². The first-order valence-electron chi connectivity index (χ1n) is 5.80. The van der Waals surface area contributed by atoms with Crippen LogP contribution in [0, 0.1) is 13.8 Å². The Balaban J connectivity index is 2.28. The van der Waals surface area contributed by atoms with Gasteiger partial charge in [0.05, 0.1) is 0 Å². The Bertz CT molecular complexity index is 503. The van der Waals surface area contributed by atoms with Crippen molar-refractivity contribution in [3.63, 3.8) is 0 Å². The first-order chi connectivity index (χ1) is 8.20. The SMILES string of the molecule is Cc1cccc(C)c1Cc1ccc(C=O)cc1. The second kappa shape index (κ2) is 4.96. The number of benzene rings is 2. The van der Waals surface area contributed by atoms with Gasteiger partial charge in [-0.2, -0.15) is 0 Å². The van der Waals surface area contributed by atoms with Crippen molar-refractivity contribution in [1.82, 2.24) is 0 Å². The number of carbonyl (C=O) groups is 1. The summed E-state index contributed by atoms with van der Waals surface area (Å²) in [7, 11) is 0. The molecule has 0 saturated carbocycles. The Kier molecular flexibility index (Phi) is 3.38. The molecule has 0 unspecified atom stereocenters. The van der Waals surface area contributed by atoms with Crippen LogP contribution in [0.2, 0.25) is 0 Å². The van der Waals surface area contributed by atoms with Crippen molar-refractivity contribution < 1.29 is 4.79 Å². The van der Waals surface area contributed by atoms with Crippen molar-refractivity contribution in [2.45, 2.75) is 20.3 Å². The maximum absolute atomic E-state index is 10.6. The standard InChI is InChI=1S/C16H16O/c1-12-4-3-5-13(2)16(12)10-14-6-8-15(11-17)9-7-14/h3-9,11H,10H2,1-2H3. The maximum Gasteiger partial charge on any atom is 0.150 e. The largest absolute Gasteiger partial charge is 0.298 e. The quantitative estimate of drug-likeness (QED) is 0.726. The van der Waals surface area contributed by atoms with E-state index in [0.29, 0.717) is 0 Å². The zero-order chi connectivity index (χ0) is 12.3. The Labute approximate surface area is 102 Å². The third-order valence-corrected chi connectivity index (χ3v) is 3.14. The van der Waals surface area contributed by atoms with Crippen molar-refractivity contribution in [1.29, 1.82) is 0 Å². The van der Waals surface area contributed by atoms with E-state index in [1.54, 1.807) is 0 Å². The van der Waals surface area contributed by atoms with Gasteiger partial charge < -0.3 is 0 Å². The van der Waals surface area contributed by atoms with Crippen molar-refractivity contribution in [2.75, 3.05) is 0 Å². The monoisotopic (exact) mass is 224 g/mol. The van der Waals surface area contributed by atoms with E-state index in [0.717, 1.165) is 18.3 Å². The average molecular weight is 224 g/mol. The minimum Gasteiger partial charge on any atom is -0.298 e. The molecule has 1 nitrogen and oxygen atoms in total. The molecule has 0 aliphatic rings. The van der Waals surface area contributed by atoms with Crippen LogP contribution in [0.3, 0.4) is 0 Å². The molecule has 86 valence electrons. The van der Waals surface area contributed by atoms with E-state index in [9.17, 15) is 4.79 Å². The Morgan fingerprint density at radius 1 is 0.941 bits per heavy atom. The minimum absolute atomic E-state index is 0.732. The highest BCUT2D eigenvalue weighted by Crippen LogP contribution is 2.18. The lowest BCUT2D eigenvalue weighted by Crippen LogP contribution is -1.95. The molecule has 2 aromatic rings. The minimum atomic E-state index is 0.732. The van der Waals surface area contributed by atoms with Crippen LogP contribution >= 0.6 is 0 Å². The number of aryl methyl sites for hydroxylation is 2. The fourth-order valence-corrected chi connectivity index (χ4v) is 2.05. The van der Waals surface area contributed by atoms with Gasteiger partial charge in [0.25, 0.3) is 0 Å². The highest BCUT2D eigenvalue weighted by Gasteiger charge is 2.03. The molecular formula is C16H16O. The fourth-order valence-electron chi connectivity index (χ4n) is 2.05. The summed E-state index contributed by atoms with van der Waals surface area (Å²) in [4.78, 5) is 10.6. The summed E-state index contributed by atoms with van der Waals surface area (Å²) in [5, 5.41) is 0. The first-order valence-corrected chi connectivity index (χ1v) is 5.80. The van der Waals surface area contributed by atoms with Gasteiger partial charge >= 0.3 is 0 Å². The molecule has 0 heterocycles. The lowest BCUT2D eigenvalue weighted by Gasteiger charge is -2.09. The molecule has 0 fully saturated rings. The molecule has 0 aliphatic heterocycles. The summed E-state index contributed by atoms with van der Waals surface area (Å²) in [5.74, 6) is 0. The van der Waals surface area contributed by atoms with Gasteiger partial charge in [0.15, 0.2) is 0 Å². The smallest absolute Gasteiger partial charge is 0.150 e. The lowest BCUT2D eigenvalue weighted by molar-refractivity contribution is 0.112. The van der Waals surface area contributed by atoms with Gasteiger partial charge in [-0.15, -0.1) is 0 Å². The normalized spacial score (nSPS) is 10.2. The van der Waals surface area contributed by atoms with Crippen LogP contribution < -0.4 is 0 Å². The van der Waals surface area contributed by atoms with E-state index in [-0.39, 0.29) is 0 Å². The second-order valence-corrected chi connectivity index (χ2v) is 4.41. The number of carbonyl (C=O) groups excluding carboxylic acids is 1. The predicted octanol–water partition coefficient (Wildman–Crippen LogP) is 3.71. The zero-order valence-electron chi connectivity index (χ0n) is 10.2. The molecule has 0 saturated heterocycles. The summed E-state index contributed by atoms with van der Waals surface area (Å²) in [6.45, 7) is 4.28. The molecule has 0 spiro atoms. The predicted molar refractivity (Wildman–Crippen MR) is 70.6 cm³/mol. The molecule has 0 aliphatic carbocycles. The highest BCUT2D eigenvalue weighted by atomic mass is 16.1. The maximum atomic E-state index is 10.6. The van der Waals surface area contributed by atoms with Crippen molar-refractivity contribution >= 4 is 6.29 Å². The van der Waals surface area contributed by atoms with Gasteiger partial charge in [-0.3, -0.25) is 4.79 Å². The summed E-state index contributed by atoms with van der Waals surface area (Å²) in [6, 6.07) is 14.2. The fraction of sp³-hybridized carbons (Fsp3) is 0.188. The molecule has 17 heavy (non-hydrogen) atoms. The van der Waals surface area contributed by atoms with Gasteiger partial charge in [-0.05, 0) is 42.5 Å². The highest BCUT2D eigenvalue weighted by molar-refractivity contribution is 5.74. The van der Waals surface area contributed by atoms with Crippen molar-refractivity contribution in [2.24, 2.45) is 0 Å². The van der Waals surface area contributed by atoms with E-state index in [2.05, 4.69) is 32.0 Å². The number of hydrogen-bond acceptors (Lipinski definition) is 1. The van der Waals surface area contributed by atoms with Crippen molar-refractivity contribution in [3.8, 4) is 0 Å². The molecule has 0 atom stereocenters. The second-order valence-electron chi connectivity index (χ2n) is 4.41. The molecule has 0 N–H and O–H groups in total. The lowest BCUT2D eigenvalue weighted by atomic mass is 9.96. The Morgan fingerprint density at radius 3 is 2.06 bits per heavy atom. The molecule has 0 bridgehead atoms. The summed E-state index contributed by atoms with van der Waals surface area (Å²) >= 11 is 0. The molecule has 0 radical (unpaired) electrons. The molecule has 0 aromatic heterocycles. The zero-order valence-corrected chi connectivity index (χ0v) is 10.2. The van der Waals surface area contributed by atoms with Gasteiger partial charge in [-0.25, -0.2) is 0 Å². The summed E-state index contributed by atoms with van der Waals surface area (Å²) in [6.07, 6.45) is 1.81. The van der Waals surface area contributed by atoms with Crippen LogP contribution in [0.25, 0.3) is 0 Å². The average Bonchev–Trinajstić information content (AvgIpc) is 2.35. The van der Waals surface area contributed by atoms with Crippen LogP contribution in [-0.2, 0) is 6.42 Å². The van der Waals surface area contributed by atoms with E-state index in [1.807, 2.05) is 24.3 Å². The van der Waals surface area contributed by atoms with E-state index >= 15 is 0 Å². The third-order valence-electron chi connectivity index (χ3n) is 3.14. The topological polar surface area (TPSA) is 17.1 Å². The van der Waals surface area contributed by atoms with Crippen molar-refractivity contribution in [3.05, 3.63) is 70.3 Å². The van der Waals surface area contributed by atoms with E-state index in [4.69, 9.17) is 0 Å². The summed E-state index contributed by atoms with van der Waals surface area (Å²) < 4.78 is 0. The third kappa shape index (κ3) is 2.62. The van der Waals surface area contributed by atoms with E-state index < -0.39 is 0 Å². The molecule has 0 amide bonds. The van der Waals surface area contributed by atoms with Gasteiger partial charge in [0.2, 0.25) is 0 Å². The van der Waals surface area contributed by atoms with Gasteiger partial charge in [0.1, 0.15) is 6.29 Å². The molecular weight excluding hydrogens is 208 g/mol.